The molecule has 0 aromatic carbocycles. The van der Waals surface area contributed by atoms with Gasteiger partial charge in [0.1, 0.15) is 12.1 Å². The lowest BCUT2D eigenvalue weighted by atomic mass is 9.75. The van der Waals surface area contributed by atoms with Crippen molar-refractivity contribution in [1.29, 1.82) is 0 Å². The van der Waals surface area contributed by atoms with Gasteiger partial charge < -0.3 is 32.1 Å². The minimum absolute atomic E-state index is 0.0137. The van der Waals surface area contributed by atoms with Crippen LogP contribution >= 0.6 is 0 Å². The zero-order chi connectivity index (χ0) is 43.4. The topological polar surface area (TPSA) is 266 Å². The fourth-order valence-electron chi connectivity index (χ4n) is 8.75. The van der Waals surface area contributed by atoms with E-state index >= 15 is 0 Å². The van der Waals surface area contributed by atoms with Crippen LogP contribution in [0.5, 0.6) is 0 Å². The van der Waals surface area contributed by atoms with Gasteiger partial charge in [-0.3, -0.25) is 43.3 Å². The van der Waals surface area contributed by atoms with Crippen molar-refractivity contribution >= 4 is 52.9 Å². The summed E-state index contributed by atoms with van der Waals surface area (Å²) in [5, 5.41) is 15.3. The number of ketones is 3. The Kier molecular flexibility index (Phi) is 16.6. The molecule has 2 heterocycles. The van der Waals surface area contributed by atoms with Crippen LogP contribution in [0.3, 0.4) is 0 Å². The Morgan fingerprint density at radius 1 is 0.898 bits per heavy atom. The number of rotatable bonds is 19. The van der Waals surface area contributed by atoms with Crippen LogP contribution < -0.4 is 22.1 Å². The standard InChI is InChI=1S/C43H60N6O10/c1-43(2,3)37(48-39(55)27(16-10-11-17-35(44)53)20-33(51)29-18-19-46-23-31(29)42(58)59)41(57)49-24-28(50)21-32(49)40(56)47-36(26-14-8-5-9-15-26)34(52)22-30(38(45)54)25-12-6-4-7-13-25/h11,17-19,23,25-27,30,32,36-37H,4-10,12-16,20-22,24H2,1-3H3,(H2,44,53)(H2,45,54)(H,47,56)(H,48,55)(H,58,59)/b17-11+/t27-,30+,32+,36+,37-/m1/s1. The summed E-state index contributed by atoms with van der Waals surface area (Å²) in [6.45, 7) is 4.66. The number of carboxylic acid groups (broad SMARTS) is 1. The minimum Gasteiger partial charge on any atom is -0.478 e. The molecule has 4 rings (SSSR count). The smallest absolute Gasteiger partial charge is 0.338 e. The highest BCUT2D eigenvalue weighted by Crippen LogP contribution is 2.34. The third-order valence-corrected chi connectivity index (χ3v) is 12.0. The van der Waals surface area contributed by atoms with E-state index in [-0.39, 0.29) is 60.2 Å². The molecule has 5 atom stereocenters. The average molecular weight is 821 g/mol. The van der Waals surface area contributed by atoms with E-state index in [1.54, 1.807) is 20.8 Å². The molecule has 0 bridgehead atoms. The number of allylic oxidation sites excluding steroid dienone is 1. The molecular formula is C43H60N6O10. The zero-order valence-corrected chi connectivity index (χ0v) is 34.4. The second-order valence-corrected chi connectivity index (χ2v) is 17.4. The number of nitrogens with one attached hydrogen (secondary N) is 2. The van der Waals surface area contributed by atoms with E-state index in [4.69, 9.17) is 11.5 Å². The number of nitrogens with two attached hydrogens (primary N) is 2. The first-order chi connectivity index (χ1) is 27.9. The van der Waals surface area contributed by atoms with Gasteiger partial charge in [0.15, 0.2) is 17.3 Å². The molecule has 0 spiro atoms. The van der Waals surface area contributed by atoms with Crippen molar-refractivity contribution in [2.45, 2.75) is 135 Å². The Bertz CT molecular complexity index is 1790. The summed E-state index contributed by atoms with van der Waals surface area (Å²) in [7, 11) is 0. The van der Waals surface area contributed by atoms with Crippen molar-refractivity contribution in [2.75, 3.05) is 6.54 Å². The normalized spacial score (nSPS) is 20.0. The number of hydrogen-bond donors (Lipinski definition) is 5. The number of carbonyl (C=O) groups is 9. The van der Waals surface area contributed by atoms with Crippen molar-refractivity contribution in [1.82, 2.24) is 20.5 Å². The molecule has 0 radical (unpaired) electrons. The SMILES string of the molecule is CC(C)(C)[C@H](NC(=O)[C@H](CC/C=C/C(N)=O)CC(=O)c1ccncc1C(=O)O)C(=O)N1CC(=O)C[C@H]1C(=O)N[C@H](C(=O)C[C@H](C(N)=O)C1CCCCC1)C1CCCCC1. The van der Waals surface area contributed by atoms with Crippen molar-refractivity contribution in [3.05, 3.63) is 41.7 Å². The number of likely N-dealkylation sites (tertiary alicyclic amines) is 1. The van der Waals surface area contributed by atoms with Crippen LogP contribution in [0.4, 0.5) is 0 Å². The molecule has 16 nitrogen and oxygen atoms in total. The molecule has 2 saturated carbocycles. The molecule has 3 aliphatic rings. The Hall–Kier alpha value is -5.28. The van der Waals surface area contributed by atoms with E-state index in [0.29, 0.717) is 12.8 Å². The molecule has 1 aromatic rings. The van der Waals surface area contributed by atoms with Crippen LogP contribution in [-0.4, -0.2) is 92.5 Å². The molecule has 1 aliphatic heterocycles. The molecule has 1 saturated heterocycles. The number of primary amides is 2. The van der Waals surface area contributed by atoms with Crippen LogP contribution in [0.1, 0.15) is 138 Å². The molecule has 322 valence electrons. The van der Waals surface area contributed by atoms with Crippen molar-refractivity contribution in [3.63, 3.8) is 0 Å². The second kappa shape index (κ2) is 21.1. The summed E-state index contributed by atoms with van der Waals surface area (Å²) in [6, 6.07) is -2.28. The summed E-state index contributed by atoms with van der Waals surface area (Å²) in [5.74, 6) is -8.07. The highest BCUT2D eigenvalue weighted by molar-refractivity contribution is 6.07. The molecule has 3 fully saturated rings. The number of Topliss-reactive ketones (excluding diaryl/α,β-unsaturated/α-hetero) is 3. The number of nitrogens with zero attached hydrogens (tertiary/aromatic N) is 2. The molecule has 2 aliphatic carbocycles. The van der Waals surface area contributed by atoms with Gasteiger partial charge in [-0.1, -0.05) is 65.4 Å². The van der Waals surface area contributed by atoms with Gasteiger partial charge in [-0.05, 0) is 67.9 Å². The molecule has 7 N–H and O–H groups in total. The first kappa shape index (κ1) is 46.4. The first-order valence-electron chi connectivity index (χ1n) is 20.8. The number of aromatic nitrogens is 1. The van der Waals surface area contributed by atoms with E-state index < -0.39 is 89.6 Å². The average Bonchev–Trinajstić information content (AvgIpc) is 3.60. The molecular weight excluding hydrogens is 761 g/mol. The van der Waals surface area contributed by atoms with E-state index in [9.17, 15) is 48.3 Å². The van der Waals surface area contributed by atoms with Gasteiger partial charge in [0, 0.05) is 49.1 Å². The third kappa shape index (κ3) is 12.9. The van der Waals surface area contributed by atoms with Crippen molar-refractivity contribution in [3.8, 4) is 0 Å². The number of carbonyl (C=O) groups excluding carboxylic acids is 8. The fourth-order valence-corrected chi connectivity index (χ4v) is 8.75. The van der Waals surface area contributed by atoms with Crippen molar-refractivity contribution < 1.29 is 48.3 Å². The maximum atomic E-state index is 14.5. The zero-order valence-electron chi connectivity index (χ0n) is 34.4. The molecule has 1 aromatic heterocycles. The Balaban J connectivity index is 1.57. The van der Waals surface area contributed by atoms with Crippen molar-refractivity contribution in [2.24, 2.45) is 40.6 Å². The van der Waals surface area contributed by atoms with Gasteiger partial charge in [0.2, 0.25) is 29.5 Å². The number of amides is 5. The quantitative estimate of drug-likeness (QED) is 0.0999. The van der Waals surface area contributed by atoms with Gasteiger partial charge in [0.05, 0.1) is 18.2 Å². The fraction of sp³-hybridized carbons (Fsp3) is 0.628. The van der Waals surface area contributed by atoms with Crippen LogP contribution in [0, 0.1) is 29.1 Å². The largest absolute Gasteiger partial charge is 0.478 e. The van der Waals surface area contributed by atoms with E-state index in [2.05, 4.69) is 15.6 Å². The highest BCUT2D eigenvalue weighted by atomic mass is 16.4. The maximum absolute atomic E-state index is 14.5. The van der Waals surface area contributed by atoms with Gasteiger partial charge >= 0.3 is 5.97 Å². The predicted octanol–water partition coefficient (Wildman–Crippen LogP) is 3.20. The Morgan fingerprint density at radius 2 is 1.53 bits per heavy atom. The van der Waals surface area contributed by atoms with Crippen LogP contribution in [-0.2, 0) is 33.6 Å². The Labute approximate surface area is 345 Å². The third-order valence-electron chi connectivity index (χ3n) is 12.0. The summed E-state index contributed by atoms with van der Waals surface area (Å²) in [5.41, 5.74) is 9.56. The minimum atomic E-state index is -1.38. The van der Waals surface area contributed by atoms with Crippen LogP contribution in [0.25, 0.3) is 0 Å². The lowest BCUT2D eigenvalue weighted by molar-refractivity contribution is -0.145. The molecule has 0 unspecified atom stereocenters. The summed E-state index contributed by atoms with van der Waals surface area (Å²) < 4.78 is 0. The molecule has 16 heteroatoms. The number of aromatic carboxylic acids is 1. The van der Waals surface area contributed by atoms with E-state index in [1.165, 1.54) is 18.3 Å². The van der Waals surface area contributed by atoms with Gasteiger partial charge in [-0.25, -0.2) is 4.79 Å². The number of carboxylic acids is 1. The van der Waals surface area contributed by atoms with Gasteiger partial charge in [0.25, 0.3) is 0 Å². The Morgan fingerprint density at radius 3 is 2.10 bits per heavy atom. The molecule has 5 amide bonds. The predicted molar refractivity (Wildman–Crippen MR) is 215 cm³/mol. The maximum Gasteiger partial charge on any atom is 0.338 e. The van der Waals surface area contributed by atoms with Gasteiger partial charge in [-0.15, -0.1) is 0 Å². The van der Waals surface area contributed by atoms with E-state index in [0.717, 1.165) is 68.5 Å². The van der Waals surface area contributed by atoms with Crippen LogP contribution in [0.15, 0.2) is 30.6 Å². The number of hydrogen-bond acceptors (Lipinski definition) is 10. The summed E-state index contributed by atoms with van der Waals surface area (Å²) in [6.07, 6.45) is 12.8. The second-order valence-electron chi connectivity index (χ2n) is 17.4. The highest BCUT2D eigenvalue weighted by Gasteiger charge is 2.46. The van der Waals surface area contributed by atoms with Gasteiger partial charge in [-0.2, -0.15) is 0 Å². The lowest BCUT2D eigenvalue weighted by Crippen LogP contribution is -2.59. The number of pyridine rings is 1. The van der Waals surface area contributed by atoms with E-state index in [1.807, 2.05) is 0 Å². The summed E-state index contributed by atoms with van der Waals surface area (Å²) in [4.78, 5) is 124. The monoisotopic (exact) mass is 820 g/mol. The summed E-state index contributed by atoms with van der Waals surface area (Å²) >= 11 is 0. The van der Waals surface area contributed by atoms with Crippen LogP contribution in [0.2, 0.25) is 0 Å². The lowest BCUT2D eigenvalue weighted by Gasteiger charge is -2.37. The molecule has 59 heavy (non-hydrogen) atoms. The first-order valence-corrected chi connectivity index (χ1v) is 20.8.